The molecule has 15 heteroatoms. The lowest BCUT2D eigenvalue weighted by Crippen LogP contribution is -1.91. The van der Waals surface area contributed by atoms with Crippen LogP contribution in [0.5, 0.6) is 0 Å². The fraction of sp³-hybridized carbons (Fsp3) is 0.269. The summed E-state index contributed by atoms with van der Waals surface area (Å²) in [6.07, 6.45) is 0. The van der Waals surface area contributed by atoms with Crippen LogP contribution < -0.4 is 0 Å². The van der Waals surface area contributed by atoms with Crippen molar-refractivity contribution in [2.45, 2.75) is 68.0 Å². The highest BCUT2D eigenvalue weighted by Crippen LogP contribution is 2.50. The summed E-state index contributed by atoms with van der Waals surface area (Å²) in [6, 6.07) is 31.8. The Kier molecular flexibility index (Phi) is 14.9. The number of hydrogen-bond acceptors (Lipinski definition) is 15. The molecule has 0 aliphatic heterocycles. The molecule has 10 rings (SSSR count). The van der Waals surface area contributed by atoms with Crippen molar-refractivity contribution in [2.75, 3.05) is 26.4 Å². The maximum atomic E-state index is 6.07. The van der Waals surface area contributed by atoms with Crippen molar-refractivity contribution in [1.29, 1.82) is 0 Å². The predicted octanol–water partition coefficient (Wildman–Crippen LogP) is 18.3. The number of hydrogen-bond donors (Lipinski definition) is 0. The largest absolute Gasteiger partial charge is 0.377 e. The van der Waals surface area contributed by atoms with Crippen LogP contribution in [-0.2, 0) is 45.4 Å². The third-order valence-electron chi connectivity index (χ3n) is 11.1. The molecule has 0 amide bonds. The van der Waals surface area contributed by atoms with Crippen LogP contribution in [0, 0.1) is 13.8 Å². The van der Waals surface area contributed by atoms with Gasteiger partial charge in [-0.15, -0.1) is 90.7 Å². The molecule has 9 aromatic heterocycles. The molecule has 0 N–H and O–H groups in total. The van der Waals surface area contributed by atoms with Gasteiger partial charge in [-0.3, -0.25) is 0 Å². The fourth-order valence-corrected chi connectivity index (χ4v) is 17.8. The third kappa shape index (κ3) is 9.96. The van der Waals surface area contributed by atoms with Crippen LogP contribution in [0.15, 0.2) is 84.9 Å². The van der Waals surface area contributed by atoms with E-state index in [2.05, 4.69) is 126 Å². The zero-order valence-corrected chi connectivity index (χ0v) is 45.3. The van der Waals surface area contributed by atoms with E-state index >= 15 is 0 Å². The quantitative estimate of drug-likeness (QED) is 0.0758. The van der Waals surface area contributed by atoms with Crippen LogP contribution in [0.25, 0.3) is 90.4 Å². The Bertz CT molecular complexity index is 3060. The van der Waals surface area contributed by atoms with Gasteiger partial charge in [0.1, 0.15) is 11.0 Å². The molecule has 0 bridgehead atoms. The lowest BCUT2D eigenvalue weighted by Gasteiger charge is -2.03. The first-order chi connectivity index (χ1) is 32.8. The number of aromatic nitrogens is 2. The molecular formula is C52H48N2O4S9. The third-order valence-corrected chi connectivity index (χ3v) is 21.7. The molecule has 0 aliphatic carbocycles. The Morgan fingerprint density at radius 1 is 0.343 bits per heavy atom. The lowest BCUT2D eigenvalue weighted by molar-refractivity contribution is 0.134. The number of benzene rings is 1. The average molecular weight is 1050 g/mol. The molecule has 9 heterocycles. The smallest absolute Gasteiger partial charge is 0.114 e. The number of ether oxygens (including phenoxy) is 4. The molecule has 67 heavy (non-hydrogen) atoms. The van der Waals surface area contributed by atoms with Gasteiger partial charge in [0.2, 0.25) is 0 Å². The summed E-state index contributed by atoms with van der Waals surface area (Å²) in [5, 5.41) is 0. The van der Waals surface area contributed by atoms with E-state index < -0.39 is 0 Å². The molecule has 10 aromatic rings. The molecule has 0 unspecified atom stereocenters. The molecule has 0 saturated heterocycles. The summed E-state index contributed by atoms with van der Waals surface area (Å²) < 4.78 is 33.7. The van der Waals surface area contributed by atoms with Crippen LogP contribution in [0.2, 0.25) is 0 Å². The van der Waals surface area contributed by atoms with Gasteiger partial charge in [-0.25, -0.2) is 0 Å². The first-order valence-electron chi connectivity index (χ1n) is 22.2. The molecule has 6 nitrogen and oxygen atoms in total. The lowest BCUT2D eigenvalue weighted by atomic mass is 10.0. The average Bonchev–Trinajstić information content (AvgIpc) is 4.18. The number of nitrogens with zero attached hydrogens (tertiary/aromatic N) is 2. The zero-order valence-electron chi connectivity index (χ0n) is 37.9. The highest BCUT2D eigenvalue weighted by molar-refractivity contribution is 7.30. The summed E-state index contributed by atoms with van der Waals surface area (Å²) in [5.74, 6) is 0. The minimum atomic E-state index is 0.554. The van der Waals surface area contributed by atoms with E-state index in [4.69, 9.17) is 27.7 Å². The van der Waals surface area contributed by atoms with E-state index in [0.29, 0.717) is 52.9 Å². The summed E-state index contributed by atoms with van der Waals surface area (Å²) in [7, 11) is 0. The number of thiophene rings is 8. The minimum absolute atomic E-state index is 0.554. The second kappa shape index (κ2) is 21.2. The molecule has 0 fully saturated rings. The number of fused-ring (bicyclic) bond motifs is 1. The van der Waals surface area contributed by atoms with Gasteiger partial charge in [-0.2, -0.15) is 8.75 Å². The van der Waals surface area contributed by atoms with Crippen molar-refractivity contribution in [3.05, 3.63) is 117 Å². The van der Waals surface area contributed by atoms with Gasteiger partial charge in [0, 0.05) is 96.1 Å². The Morgan fingerprint density at radius 3 is 0.970 bits per heavy atom. The van der Waals surface area contributed by atoms with Crippen LogP contribution >= 0.6 is 102 Å². The van der Waals surface area contributed by atoms with Crippen LogP contribution in [0.4, 0.5) is 0 Å². The van der Waals surface area contributed by atoms with Gasteiger partial charge in [-0.05, 0) is 137 Å². The van der Waals surface area contributed by atoms with Crippen molar-refractivity contribution < 1.29 is 18.9 Å². The molecule has 0 atom stereocenters. The van der Waals surface area contributed by atoms with Crippen molar-refractivity contribution in [3.63, 3.8) is 0 Å². The second-order valence-electron chi connectivity index (χ2n) is 15.7. The monoisotopic (exact) mass is 1050 g/mol. The van der Waals surface area contributed by atoms with E-state index in [9.17, 15) is 0 Å². The van der Waals surface area contributed by atoms with E-state index in [0.717, 1.165) is 22.2 Å². The first-order valence-corrected chi connectivity index (χ1v) is 29.5. The molecule has 0 spiro atoms. The van der Waals surface area contributed by atoms with Gasteiger partial charge < -0.3 is 18.9 Å². The van der Waals surface area contributed by atoms with E-state index in [1.54, 1.807) is 0 Å². The number of rotatable bonds is 20. The van der Waals surface area contributed by atoms with Gasteiger partial charge in [-0.1, -0.05) is 12.1 Å². The predicted molar refractivity (Wildman–Crippen MR) is 295 cm³/mol. The van der Waals surface area contributed by atoms with Gasteiger partial charge in [0.05, 0.1) is 57.7 Å². The van der Waals surface area contributed by atoms with Crippen LogP contribution in [-0.4, -0.2) is 35.2 Å². The first kappa shape index (κ1) is 47.2. The SMILES string of the molecule is CCOCc1cc(C)sc1-c1ccc(-c2ccc(-c3sc(-c4ccc(-c5cc(COCC)c(-c6ccc(-c7ccc(-c8sc(C)cc8COCC)s7)s6)s5)c5nsnc45)cc3COCC)s2)s1. The van der Waals surface area contributed by atoms with Crippen molar-refractivity contribution in [2.24, 2.45) is 0 Å². The summed E-state index contributed by atoms with van der Waals surface area (Å²) in [4.78, 5) is 20.3. The van der Waals surface area contributed by atoms with E-state index in [1.165, 1.54) is 112 Å². The Morgan fingerprint density at radius 2 is 0.642 bits per heavy atom. The molecule has 344 valence electrons. The molecule has 0 radical (unpaired) electrons. The maximum absolute atomic E-state index is 6.07. The molecule has 1 aromatic carbocycles. The van der Waals surface area contributed by atoms with E-state index in [1.807, 2.05) is 90.7 Å². The van der Waals surface area contributed by atoms with Gasteiger partial charge >= 0.3 is 0 Å². The van der Waals surface area contributed by atoms with Crippen molar-refractivity contribution in [3.8, 4) is 79.4 Å². The summed E-state index contributed by atoms with van der Waals surface area (Å²) >= 11 is 16.0. The maximum Gasteiger partial charge on any atom is 0.114 e. The van der Waals surface area contributed by atoms with Crippen molar-refractivity contribution in [1.82, 2.24) is 8.75 Å². The normalized spacial score (nSPS) is 11.9. The summed E-state index contributed by atoms with van der Waals surface area (Å²) in [6.45, 7) is 17.7. The van der Waals surface area contributed by atoms with Gasteiger partial charge in [0.15, 0.2) is 0 Å². The fourth-order valence-electron chi connectivity index (χ4n) is 8.00. The van der Waals surface area contributed by atoms with Gasteiger partial charge in [0.25, 0.3) is 0 Å². The molecular weight excluding hydrogens is 1010 g/mol. The van der Waals surface area contributed by atoms with Crippen LogP contribution in [0.3, 0.4) is 0 Å². The number of aryl methyl sites for hydroxylation is 2. The second-order valence-corrected chi connectivity index (χ2v) is 25.2. The highest BCUT2D eigenvalue weighted by atomic mass is 32.1. The molecule has 0 saturated carbocycles. The topological polar surface area (TPSA) is 62.7 Å². The Hall–Kier alpha value is -3.52. The summed E-state index contributed by atoms with van der Waals surface area (Å²) in [5.41, 5.74) is 9.00. The van der Waals surface area contributed by atoms with Crippen molar-refractivity contribution >= 4 is 113 Å². The van der Waals surface area contributed by atoms with E-state index in [-0.39, 0.29) is 0 Å². The Labute approximate surface area is 428 Å². The standard InChI is InChI=1S/C52H48N2O4S9/c1-7-55-25-31-21-29(5)59-49(31)41-17-13-37(61-41)39-15-19-43(63-39)51-33(27-57-9-3)23-45(65-51)35-11-12-36(48-47(35)53-67-54-48)46-24-34(28-58-10-4)52(66-46)44-20-16-40(64-44)38-14-18-42(62-38)50-32(26-56-8-2)22-30(6)60-50/h11-24H,7-10,25-28H2,1-6H3. The van der Waals surface area contributed by atoms with Crippen LogP contribution in [0.1, 0.15) is 59.7 Å². The highest BCUT2D eigenvalue weighted by Gasteiger charge is 2.23. The zero-order chi connectivity index (χ0) is 46.0. The minimum Gasteiger partial charge on any atom is -0.377 e. The molecule has 0 aliphatic rings. The Balaban J connectivity index is 0.940.